The van der Waals surface area contributed by atoms with Gasteiger partial charge in [0.1, 0.15) is 23.9 Å². The number of carbonyl (C=O) groups excluding carboxylic acids is 4. The highest BCUT2D eigenvalue weighted by Gasteiger charge is 2.33. The molecule has 0 fully saturated rings. The number of benzene rings is 1. The van der Waals surface area contributed by atoms with Gasteiger partial charge < -0.3 is 42.7 Å². The molecule has 0 radical (unpaired) electrons. The van der Waals surface area contributed by atoms with E-state index in [0.29, 0.717) is 5.56 Å². The lowest BCUT2D eigenvalue weighted by Crippen LogP contribution is -2.60. The summed E-state index contributed by atoms with van der Waals surface area (Å²) in [4.78, 5) is 61.2. The molecule has 5 atom stereocenters. The lowest BCUT2D eigenvalue weighted by molar-refractivity contribution is -0.143. The number of carboxylic acids is 1. The van der Waals surface area contributed by atoms with Crippen molar-refractivity contribution in [2.45, 2.75) is 76.7 Å². The van der Waals surface area contributed by atoms with E-state index < -0.39 is 59.9 Å². The predicted molar refractivity (Wildman–Crippen MR) is 133 cm³/mol. The number of carbonyl (C=O) groups is 5. The number of nitrogens with two attached hydrogens (primary N) is 2. The molecule has 0 aliphatic carbocycles. The average molecular weight is 524 g/mol. The van der Waals surface area contributed by atoms with Gasteiger partial charge in [-0.25, -0.2) is 4.79 Å². The minimum Gasteiger partial charge on any atom is -0.508 e. The van der Waals surface area contributed by atoms with Gasteiger partial charge in [0, 0.05) is 6.42 Å². The summed E-state index contributed by atoms with van der Waals surface area (Å²) < 4.78 is 0. The number of aromatic hydroxyl groups is 1. The van der Waals surface area contributed by atoms with E-state index in [-0.39, 0.29) is 37.4 Å². The van der Waals surface area contributed by atoms with Crippen molar-refractivity contribution in [1.82, 2.24) is 16.0 Å². The molecule has 0 saturated carbocycles. The van der Waals surface area contributed by atoms with E-state index in [4.69, 9.17) is 11.5 Å². The standard InChI is InChI=1S/C24H37N5O8/c1-12(2)10-18(24(36)37)28-23(35)20(13(3)30)29-22(34)17(8-9-19(26)32)27-21(33)16(25)11-14-4-6-15(31)7-5-14/h4-7,12-13,16-18,20,30-31H,8-11,25H2,1-3H3,(H2,26,32)(H,27,33)(H,28,35)(H,29,34)(H,36,37)/t13-,16+,17+,18+,20+/m1/s1. The minimum absolute atomic E-state index is 0.0422. The van der Waals surface area contributed by atoms with E-state index in [1.54, 1.807) is 26.0 Å². The van der Waals surface area contributed by atoms with Gasteiger partial charge in [0.05, 0.1) is 12.1 Å². The van der Waals surface area contributed by atoms with Gasteiger partial charge in [0.25, 0.3) is 0 Å². The second-order valence-electron chi connectivity index (χ2n) is 9.30. The molecule has 0 bridgehead atoms. The number of aliphatic hydroxyl groups is 1. The molecule has 0 aliphatic heterocycles. The van der Waals surface area contributed by atoms with E-state index in [1.165, 1.54) is 19.1 Å². The summed E-state index contributed by atoms with van der Waals surface area (Å²) in [7, 11) is 0. The first-order chi connectivity index (χ1) is 17.2. The van der Waals surface area contributed by atoms with E-state index in [1.807, 2.05) is 0 Å². The third-order valence-electron chi connectivity index (χ3n) is 5.43. The highest BCUT2D eigenvalue weighted by molar-refractivity contribution is 5.94. The molecule has 0 heterocycles. The Balaban J connectivity index is 2.97. The average Bonchev–Trinajstić information content (AvgIpc) is 2.79. The van der Waals surface area contributed by atoms with Gasteiger partial charge in [-0.1, -0.05) is 26.0 Å². The second-order valence-corrected chi connectivity index (χ2v) is 9.30. The fraction of sp³-hybridized carbons (Fsp3) is 0.542. The summed E-state index contributed by atoms with van der Waals surface area (Å²) in [5.74, 6) is -4.57. The summed E-state index contributed by atoms with van der Waals surface area (Å²) in [5.41, 5.74) is 11.8. The molecule has 1 aromatic rings. The smallest absolute Gasteiger partial charge is 0.326 e. The van der Waals surface area contributed by atoms with Crippen LogP contribution in [-0.4, -0.2) is 75.2 Å². The molecular formula is C24H37N5O8. The first-order valence-corrected chi connectivity index (χ1v) is 11.8. The van der Waals surface area contributed by atoms with Crippen LogP contribution in [0.15, 0.2) is 24.3 Å². The molecule has 13 nitrogen and oxygen atoms in total. The Kier molecular flexibility index (Phi) is 12.5. The first-order valence-electron chi connectivity index (χ1n) is 11.8. The molecule has 0 spiro atoms. The van der Waals surface area contributed by atoms with E-state index in [2.05, 4.69) is 16.0 Å². The van der Waals surface area contributed by atoms with Crippen LogP contribution in [0.1, 0.15) is 45.6 Å². The number of phenolic OH excluding ortho intramolecular Hbond substituents is 1. The molecule has 1 aromatic carbocycles. The lowest BCUT2D eigenvalue weighted by atomic mass is 10.0. The molecular weight excluding hydrogens is 486 g/mol. The van der Waals surface area contributed by atoms with Gasteiger partial charge in [-0.3, -0.25) is 19.2 Å². The minimum atomic E-state index is -1.54. The summed E-state index contributed by atoms with van der Waals surface area (Å²) in [6.45, 7) is 4.77. The van der Waals surface area contributed by atoms with Crippen molar-refractivity contribution in [2.24, 2.45) is 17.4 Å². The molecule has 37 heavy (non-hydrogen) atoms. The van der Waals surface area contributed by atoms with Gasteiger partial charge in [-0.15, -0.1) is 0 Å². The zero-order chi connectivity index (χ0) is 28.3. The zero-order valence-corrected chi connectivity index (χ0v) is 21.1. The van der Waals surface area contributed by atoms with Crippen LogP contribution >= 0.6 is 0 Å². The summed E-state index contributed by atoms with van der Waals surface area (Å²) in [5, 5.41) is 35.9. The molecule has 0 aliphatic rings. The summed E-state index contributed by atoms with van der Waals surface area (Å²) in [6, 6.07) is 0.822. The largest absolute Gasteiger partial charge is 0.508 e. The Morgan fingerprint density at radius 3 is 1.95 bits per heavy atom. The Bertz CT molecular complexity index is 951. The number of amides is 4. The Morgan fingerprint density at radius 2 is 1.46 bits per heavy atom. The van der Waals surface area contributed by atoms with Crippen molar-refractivity contribution in [1.29, 1.82) is 0 Å². The molecule has 0 saturated heterocycles. The number of hydrogen-bond donors (Lipinski definition) is 8. The van der Waals surface area contributed by atoms with E-state index in [0.717, 1.165) is 0 Å². The van der Waals surface area contributed by atoms with Crippen LogP contribution in [0.25, 0.3) is 0 Å². The van der Waals surface area contributed by atoms with Crippen molar-refractivity contribution in [3.8, 4) is 5.75 Å². The number of phenols is 1. The van der Waals surface area contributed by atoms with Gasteiger partial charge >= 0.3 is 5.97 Å². The summed E-state index contributed by atoms with van der Waals surface area (Å²) >= 11 is 0. The van der Waals surface area contributed by atoms with Crippen LogP contribution in [0.2, 0.25) is 0 Å². The van der Waals surface area contributed by atoms with Crippen LogP contribution in [0.4, 0.5) is 0 Å². The maximum Gasteiger partial charge on any atom is 0.326 e. The summed E-state index contributed by atoms with van der Waals surface area (Å²) in [6.07, 6.45) is -1.69. The maximum absolute atomic E-state index is 13.0. The number of aliphatic carboxylic acids is 1. The zero-order valence-electron chi connectivity index (χ0n) is 21.1. The molecule has 0 unspecified atom stereocenters. The molecule has 206 valence electrons. The predicted octanol–water partition coefficient (Wildman–Crippen LogP) is -1.51. The number of nitrogens with one attached hydrogen (secondary N) is 3. The number of aliphatic hydroxyl groups excluding tert-OH is 1. The third kappa shape index (κ3) is 11.3. The number of carboxylic acid groups (broad SMARTS) is 1. The molecule has 1 rings (SSSR count). The van der Waals surface area contributed by atoms with Crippen molar-refractivity contribution in [3.63, 3.8) is 0 Å². The molecule has 13 heteroatoms. The SMILES string of the molecule is CC(C)C[C@H](NC(=O)[C@@H](NC(=O)[C@H](CCC(N)=O)NC(=O)[C@@H](N)Cc1ccc(O)cc1)[C@@H](C)O)C(=O)O. The Labute approximate surface area is 215 Å². The quantitative estimate of drug-likeness (QED) is 0.133. The number of rotatable bonds is 15. The number of primary amides is 1. The van der Waals surface area contributed by atoms with Crippen LogP contribution in [0.3, 0.4) is 0 Å². The molecule has 0 aromatic heterocycles. The van der Waals surface area contributed by atoms with Crippen LogP contribution in [-0.2, 0) is 30.4 Å². The highest BCUT2D eigenvalue weighted by Crippen LogP contribution is 2.11. The fourth-order valence-corrected chi connectivity index (χ4v) is 3.43. The maximum atomic E-state index is 13.0. The topological polar surface area (TPSA) is 234 Å². The van der Waals surface area contributed by atoms with Crippen molar-refractivity contribution < 1.29 is 39.3 Å². The van der Waals surface area contributed by atoms with E-state index in [9.17, 15) is 39.3 Å². The molecule has 4 amide bonds. The second kappa shape index (κ2) is 14.8. The van der Waals surface area contributed by atoms with E-state index >= 15 is 0 Å². The third-order valence-corrected chi connectivity index (χ3v) is 5.43. The van der Waals surface area contributed by atoms with Crippen molar-refractivity contribution in [2.75, 3.05) is 0 Å². The van der Waals surface area contributed by atoms with Crippen molar-refractivity contribution in [3.05, 3.63) is 29.8 Å². The van der Waals surface area contributed by atoms with Gasteiger partial charge in [0.2, 0.25) is 23.6 Å². The van der Waals surface area contributed by atoms with Crippen molar-refractivity contribution >= 4 is 29.6 Å². The lowest BCUT2D eigenvalue weighted by Gasteiger charge is -2.26. The fourth-order valence-electron chi connectivity index (χ4n) is 3.43. The Morgan fingerprint density at radius 1 is 0.892 bits per heavy atom. The number of hydrogen-bond acceptors (Lipinski definition) is 8. The molecule has 10 N–H and O–H groups in total. The Hall–Kier alpha value is -3.71. The monoisotopic (exact) mass is 523 g/mol. The van der Waals surface area contributed by atoms with Crippen LogP contribution in [0, 0.1) is 5.92 Å². The van der Waals surface area contributed by atoms with Crippen LogP contribution < -0.4 is 27.4 Å². The first kappa shape index (κ1) is 31.3. The van der Waals surface area contributed by atoms with Gasteiger partial charge in [-0.05, 0) is 49.8 Å². The van der Waals surface area contributed by atoms with Gasteiger partial charge in [-0.2, -0.15) is 0 Å². The van der Waals surface area contributed by atoms with Gasteiger partial charge in [0.15, 0.2) is 0 Å². The normalized spacial score (nSPS) is 15.1. The highest BCUT2D eigenvalue weighted by atomic mass is 16.4. The van der Waals surface area contributed by atoms with Crippen LogP contribution in [0.5, 0.6) is 5.75 Å².